The van der Waals surface area contributed by atoms with Gasteiger partial charge in [0.05, 0.1) is 16.5 Å². The molecule has 0 spiro atoms. The van der Waals surface area contributed by atoms with Crippen LogP contribution in [-0.2, 0) is 4.74 Å². The van der Waals surface area contributed by atoms with Crippen molar-refractivity contribution in [1.82, 2.24) is 4.98 Å². The highest BCUT2D eigenvalue weighted by Crippen LogP contribution is 2.32. The number of hydrogen-bond acceptors (Lipinski definition) is 5. The molecule has 1 aliphatic heterocycles. The van der Waals surface area contributed by atoms with E-state index >= 15 is 0 Å². The summed E-state index contributed by atoms with van der Waals surface area (Å²) in [7, 11) is 0. The first-order chi connectivity index (χ1) is 6.75. The summed E-state index contributed by atoms with van der Waals surface area (Å²) in [5.74, 6) is 1.84. The monoisotopic (exact) mass is 230 g/mol. The average molecular weight is 230 g/mol. The normalized spacial score (nSPS) is 21.6. The molecule has 78 valence electrons. The lowest BCUT2D eigenvalue weighted by molar-refractivity contribution is 0.189. The van der Waals surface area contributed by atoms with Crippen LogP contribution < -0.4 is 5.73 Å². The van der Waals surface area contributed by atoms with Crippen LogP contribution in [-0.4, -0.2) is 24.0 Å². The van der Waals surface area contributed by atoms with Crippen LogP contribution in [0, 0.1) is 12.8 Å². The quantitative estimate of drug-likeness (QED) is 0.808. The van der Waals surface area contributed by atoms with Crippen molar-refractivity contribution in [3.8, 4) is 0 Å². The number of rotatable bonds is 3. The number of nitrogens with two attached hydrogens (primary N) is 1. The molecule has 1 fully saturated rings. The zero-order valence-electron chi connectivity index (χ0n) is 8.16. The Morgan fingerprint density at radius 3 is 3.14 bits per heavy atom. The van der Waals surface area contributed by atoms with E-state index in [0.717, 1.165) is 24.7 Å². The number of thioether (sulfide) groups is 1. The summed E-state index contributed by atoms with van der Waals surface area (Å²) in [5.41, 5.74) is 6.70. The smallest absolute Gasteiger partial charge is 0.181 e. The fraction of sp³-hybridized carbons (Fsp3) is 0.667. The lowest BCUT2D eigenvalue weighted by atomic mass is 10.2. The largest absolute Gasteiger partial charge is 0.381 e. The second-order valence-corrected chi connectivity index (χ2v) is 5.78. The number of nitrogen functional groups attached to an aromatic ring is 1. The molecule has 0 aromatic carbocycles. The van der Waals surface area contributed by atoms with E-state index in [2.05, 4.69) is 4.98 Å². The third-order valence-corrected chi connectivity index (χ3v) is 4.83. The summed E-state index contributed by atoms with van der Waals surface area (Å²) in [4.78, 5) is 4.20. The van der Waals surface area contributed by atoms with E-state index < -0.39 is 0 Å². The third-order valence-electron chi connectivity index (χ3n) is 2.24. The molecule has 1 unspecified atom stereocenters. The van der Waals surface area contributed by atoms with Crippen molar-refractivity contribution in [3.05, 3.63) is 5.69 Å². The molecule has 1 aromatic heterocycles. The molecule has 1 aliphatic rings. The Hall–Kier alpha value is -0.260. The van der Waals surface area contributed by atoms with Crippen LogP contribution in [0.1, 0.15) is 12.1 Å². The van der Waals surface area contributed by atoms with Gasteiger partial charge in [-0.1, -0.05) is 11.3 Å². The van der Waals surface area contributed by atoms with E-state index in [-0.39, 0.29) is 0 Å². The Bertz CT molecular complexity index is 308. The van der Waals surface area contributed by atoms with Gasteiger partial charge in [-0.25, -0.2) is 4.98 Å². The highest BCUT2D eigenvalue weighted by Gasteiger charge is 2.17. The number of hydrogen-bond donors (Lipinski definition) is 1. The van der Waals surface area contributed by atoms with Crippen molar-refractivity contribution in [2.24, 2.45) is 5.92 Å². The van der Waals surface area contributed by atoms with E-state index in [1.165, 1.54) is 10.6 Å². The van der Waals surface area contributed by atoms with E-state index in [1.807, 2.05) is 18.7 Å². The van der Waals surface area contributed by atoms with Gasteiger partial charge in [-0.05, 0) is 19.3 Å². The summed E-state index contributed by atoms with van der Waals surface area (Å²) >= 11 is 3.45. The summed E-state index contributed by atoms with van der Waals surface area (Å²) < 4.78 is 6.59. The van der Waals surface area contributed by atoms with Crippen LogP contribution in [0.5, 0.6) is 0 Å². The molecule has 14 heavy (non-hydrogen) atoms. The molecule has 0 saturated carbocycles. The summed E-state index contributed by atoms with van der Waals surface area (Å²) in [6.07, 6.45) is 1.19. The maximum absolute atomic E-state index is 5.63. The average Bonchev–Trinajstić information content (AvgIpc) is 2.72. The second-order valence-electron chi connectivity index (χ2n) is 3.47. The Morgan fingerprint density at radius 1 is 1.71 bits per heavy atom. The van der Waals surface area contributed by atoms with Gasteiger partial charge in [-0.15, -0.1) is 11.8 Å². The van der Waals surface area contributed by atoms with Gasteiger partial charge in [-0.3, -0.25) is 0 Å². The van der Waals surface area contributed by atoms with Crippen LogP contribution in [0.2, 0.25) is 0 Å². The van der Waals surface area contributed by atoms with Gasteiger partial charge in [0.1, 0.15) is 0 Å². The molecule has 1 atom stereocenters. The topological polar surface area (TPSA) is 48.1 Å². The predicted molar refractivity (Wildman–Crippen MR) is 60.9 cm³/mol. The summed E-state index contributed by atoms with van der Waals surface area (Å²) in [5, 5.41) is 0.674. The second kappa shape index (κ2) is 4.51. The fourth-order valence-corrected chi connectivity index (χ4v) is 3.61. The van der Waals surface area contributed by atoms with Crippen molar-refractivity contribution in [2.75, 3.05) is 24.7 Å². The van der Waals surface area contributed by atoms with E-state index in [9.17, 15) is 0 Å². The molecular weight excluding hydrogens is 216 g/mol. The molecule has 0 bridgehead atoms. The predicted octanol–water partition coefficient (Wildman–Crippen LogP) is 2.16. The number of nitrogens with zero attached hydrogens (tertiary/aromatic N) is 1. The first-order valence-electron chi connectivity index (χ1n) is 4.69. The first-order valence-corrected chi connectivity index (χ1v) is 6.49. The number of aryl methyl sites for hydroxylation is 1. The van der Waals surface area contributed by atoms with Gasteiger partial charge in [-0.2, -0.15) is 0 Å². The molecule has 2 rings (SSSR count). The van der Waals surface area contributed by atoms with Gasteiger partial charge in [0, 0.05) is 12.4 Å². The van der Waals surface area contributed by atoms with Gasteiger partial charge in [0.15, 0.2) is 5.13 Å². The van der Waals surface area contributed by atoms with Crippen LogP contribution in [0.25, 0.3) is 0 Å². The number of ether oxygens (including phenoxy) is 1. The molecule has 1 saturated heterocycles. The molecule has 0 radical (unpaired) electrons. The summed E-state index contributed by atoms with van der Waals surface area (Å²) in [6.45, 7) is 3.86. The van der Waals surface area contributed by atoms with Gasteiger partial charge in [0.2, 0.25) is 0 Å². The SMILES string of the molecule is Cc1nc(N)sc1SCC1CCOC1. The van der Waals surface area contributed by atoms with Gasteiger partial charge >= 0.3 is 0 Å². The lowest BCUT2D eigenvalue weighted by Gasteiger charge is -2.04. The fourth-order valence-electron chi connectivity index (χ4n) is 1.44. The zero-order valence-corrected chi connectivity index (χ0v) is 9.79. The zero-order chi connectivity index (χ0) is 9.97. The molecule has 3 nitrogen and oxygen atoms in total. The van der Waals surface area contributed by atoms with Crippen molar-refractivity contribution >= 4 is 28.2 Å². The van der Waals surface area contributed by atoms with E-state index in [1.54, 1.807) is 11.3 Å². The van der Waals surface area contributed by atoms with E-state index in [4.69, 9.17) is 10.5 Å². The molecule has 2 heterocycles. The van der Waals surface area contributed by atoms with Gasteiger partial charge in [0.25, 0.3) is 0 Å². The van der Waals surface area contributed by atoms with Crippen molar-refractivity contribution in [2.45, 2.75) is 17.6 Å². The minimum atomic E-state index is 0.674. The first kappa shape index (κ1) is 10.3. The molecule has 5 heteroatoms. The lowest BCUT2D eigenvalue weighted by Crippen LogP contribution is -2.01. The van der Waals surface area contributed by atoms with Crippen LogP contribution in [0.3, 0.4) is 0 Å². The standard InChI is InChI=1S/C9H14N2OS2/c1-6-8(14-9(10)11-6)13-5-7-2-3-12-4-7/h7H,2-5H2,1H3,(H2,10,11). The van der Waals surface area contributed by atoms with Crippen molar-refractivity contribution in [1.29, 1.82) is 0 Å². The van der Waals surface area contributed by atoms with Crippen molar-refractivity contribution in [3.63, 3.8) is 0 Å². The number of thiazole rings is 1. The minimum absolute atomic E-state index is 0.674. The molecular formula is C9H14N2OS2. The highest BCUT2D eigenvalue weighted by molar-refractivity contribution is 8.01. The van der Waals surface area contributed by atoms with Crippen LogP contribution in [0.15, 0.2) is 4.21 Å². The van der Waals surface area contributed by atoms with Gasteiger partial charge < -0.3 is 10.5 Å². The Morgan fingerprint density at radius 2 is 2.57 bits per heavy atom. The Labute approximate surface area is 92.1 Å². The summed E-state index contributed by atoms with van der Waals surface area (Å²) in [6, 6.07) is 0. The number of anilines is 1. The van der Waals surface area contributed by atoms with E-state index in [0.29, 0.717) is 11.0 Å². The minimum Gasteiger partial charge on any atom is -0.381 e. The highest BCUT2D eigenvalue weighted by atomic mass is 32.2. The van der Waals surface area contributed by atoms with Crippen LogP contribution >= 0.6 is 23.1 Å². The molecule has 0 amide bonds. The Balaban J connectivity index is 1.87. The maximum Gasteiger partial charge on any atom is 0.181 e. The molecule has 1 aromatic rings. The Kier molecular flexibility index (Phi) is 3.30. The third kappa shape index (κ3) is 2.40. The van der Waals surface area contributed by atoms with Crippen LogP contribution in [0.4, 0.5) is 5.13 Å². The maximum atomic E-state index is 5.63. The number of aromatic nitrogens is 1. The molecule has 0 aliphatic carbocycles. The van der Waals surface area contributed by atoms with Crippen molar-refractivity contribution < 1.29 is 4.74 Å². The molecule has 2 N–H and O–H groups in total.